The van der Waals surface area contributed by atoms with Crippen LogP contribution < -0.4 is 5.32 Å². The molecule has 7 nitrogen and oxygen atoms in total. The molecule has 1 aliphatic heterocycles. The second-order valence-electron chi connectivity index (χ2n) is 5.22. The number of morpholine rings is 1. The molecule has 0 saturated carbocycles. The zero-order valence-electron chi connectivity index (χ0n) is 12.4. The Kier molecular flexibility index (Phi) is 4.69. The number of aromatic nitrogens is 3. The van der Waals surface area contributed by atoms with E-state index in [1.807, 2.05) is 17.0 Å². The summed E-state index contributed by atoms with van der Waals surface area (Å²) < 4.78 is 7.53. The van der Waals surface area contributed by atoms with Crippen molar-refractivity contribution < 1.29 is 9.53 Å². The first-order chi connectivity index (χ1) is 10.7. The normalized spacial score (nSPS) is 18.4. The van der Waals surface area contributed by atoms with Crippen molar-refractivity contribution in [2.45, 2.75) is 12.5 Å². The second-order valence-corrected chi connectivity index (χ2v) is 6.00. The molecule has 0 aliphatic carbocycles. The predicted molar refractivity (Wildman–Crippen MR) is 82.7 cm³/mol. The van der Waals surface area contributed by atoms with Crippen molar-refractivity contribution in [3.8, 4) is 0 Å². The van der Waals surface area contributed by atoms with E-state index in [-0.39, 0.29) is 12.1 Å². The SMILES string of the molecule is Cn1cnnc1C1CN(C(=O)NCCc2ccsc2)CCO1. The molecule has 1 saturated heterocycles. The number of carbonyl (C=O) groups excluding carboxylic acids is 1. The third-order valence-corrected chi connectivity index (χ3v) is 4.39. The molecule has 2 amide bonds. The van der Waals surface area contributed by atoms with Crippen molar-refractivity contribution in [1.29, 1.82) is 0 Å². The number of ether oxygens (including phenoxy) is 1. The van der Waals surface area contributed by atoms with Crippen molar-refractivity contribution in [2.24, 2.45) is 7.05 Å². The van der Waals surface area contributed by atoms with Crippen LogP contribution in [0.1, 0.15) is 17.5 Å². The summed E-state index contributed by atoms with van der Waals surface area (Å²) in [7, 11) is 1.87. The molecule has 3 heterocycles. The third-order valence-electron chi connectivity index (χ3n) is 3.66. The summed E-state index contributed by atoms with van der Waals surface area (Å²) in [6.07, 6.45) is 2.27. The Morgan fingerprint density at radius 2 is 2.50 bits per heavy atom. The van der Waals surface area contributed by atoms with Gasteiger partial charge in [0, 0.05) is 20.1 Å². The maximum atomic E-state index is 12.2. The topological polar surface area (TPSA) is 72.3 Å². The maximum Gasteiger partial charge on any atom is 0.317 e. The van der Waals surface area contributed by atoms with Crippen LogP contribution >= 0.6 is 11.3 Å². The van der Waals surface area contributed by atoms with E-state index >= 15 is 0 Å². The van der Waals surface area contributed by atoms with Crippen LogP contribution in [0.15, 0.2) is 23.2 Å². The number of hydrogen-bond donors (Lipinski definition) is 1. The summed E-state index contributed by atoms with van der Waals surface area (Å²) in [5, 5.41) is 15.0. The first-order valence-corrected chi connectivity index (χ1v) is 8.17. The van der Waals surface area contributed by atoms with Crippen molar-refractivity contribution >= 4 is 17.4 Å². The van der Waals surface area contributed by atoms with E-state index in [1.54, 1.807) is 22.6 Å². The van der Waals surface area contributed by atoms with Crippen LogP contribution in [0, 0.1) is 0 Å². The molecule has 22 heavy (non-hydrogen) atoms. The first-order valence-electron chi connectivity index (χ1n) is 7.23. The number of nitrogens with zero attached hydrogens (tertiary/aromatic N) is 4. The minimum absolute atomic E-state index is 0.0503. The van der Waals surface area contributed by atoms with Gasteiger partial charge in [-0.2, -0.15) is 11.3 Å². The number of aryl methyl sites for hydroxylation is 1. The van der Waals surface area contributed by atoms with Gasteiger partial charge in [-0.05, 0) is 28.8 Å². The van der Waals surface area contributed by atoms with E-state index in [0.29, 0.717) is 26.2 Å². The molecule has 1 atom stereocenters. The number of nitrogens with one attached hydrogen (secondary N) is 1. The Labute approximate surface area is 132 Å². The number of carbonyl (C=O) groups is 1. The van der Waals surface area contributed by atoms with Gasteiger partial charge < -0.3 is 19.5 Å². The lowest BCUT2D eigenvalue weighted by atomic mass is 10.2. The molecule has 1 unspecified atom stereocenters. The Bertz CT molecular complexity index is 613. The quantitative estimate of drug-likeness (QED) is 0.918. The largest absolute Gasteiger partial charge is 0.366 e. The zero-order valence-corrected chi connectivity index (χ0v) is 13.3. The van der Waals surface area contributed by atoms with E-state index in [0.717, 1.165) is 12.2 Å². The number of amides is 2. The molecule has 2 aromatic rings. The molecule has 0 spiro atoms. The summed E-state index contributed by atoms with van der Waals surface area (Å²) in [6.45, 7) is 2.24. The van der Waals surface area contributed by atoms with Crippen molar-refractivity contribution in [3.05, 3.63) is 34.5 Å². The van der Waals surface area contributed by atoms with Gasteiger partial charge in [-0.25, -0.2) is 4.79 Å². The molecule has 1 aliphatic rings. The van der Waals surface area contributed by atoms with E-state index < -0.39 is 0 Å². The van der Waals surface area contributed by atoms with Gasteiger partial charge in [0.05, 0.1) is 13.2 Å². The summed E-state index contributed by atoms with van der Waals surface area (Å²) >= 11 is 1.67. The number of rotatable bonds is 4. The molecule has 118 valence electrons. The molecule has 3 rings (SSSR count). The lowest BCUT2D eigenvalue weighted by molar-refractivity contribution is -0.0214. The highest BCUT2D eigenvalue weighted by atomic mass is 32.1. The van der Waals surface area contributed by atoms with Crippen molar-refractivity contribution in [2.75, 3.05) is 26.2 Å². The average Bonchev–Trinajstić information content (AvgIpc) is 3.19. The van der Waals surface area contributed by atoms with Crippen molar-refractivity contribution in [1.82, 2.24) is 25.0 Å². The van der Waals surface area contributed by atoms with E-state index in [9.17, 15) is 4.79 Å². The van der Waals surface area contributed by atoms with Crippen LogP contribution in [-0.2, 0) is 18.2 Å². The molecule has 1 N–H and O–H groups in total. The smallest absolute Gasteiger partial charge is 0.317 e. The number of thiophene rings is 1. The number of hydrogen-bond acceptors (Lipinski definition) is 5. The van der Waals surface area contributed by atoms with Gasteiger partial charge in [-0.1, -0.05) is 0 Å². The molecular formula is C14H19N5O2S. The second kappa shape index (κ2) is 6.89. The molecule has 2 aromatic heterocycles. The monoisotopic (exact) mass is 321 g/mol. The fraction of sp³-hybridized carbons (Fsp3) is 0.500. The van der Waals surface area contributed by atoms with Gasteiger partial charge in [0.2, 0.25) is 0 Å². The van der Waals surface area contributed by atoms with Crippen LogP contribution in [0.3, 0.4) is 0 Å². The fourth-order valence-electron chi connectivity index (χ4n) is 2.43. The Hall–Kier alpha value is -1.93. The van der Waals surface area contributed by atoms with E-state index in [2.05, 4.69) is 27.0 Å². The highest BCUT2D eigenvalue weighted by Crippen LogP contribution is 2.19. The zero-order chi connectivity index (χ0) is 15.4. The summed E-state index contributed by atoms with van der Waals surface area (Å²) in [5.41, 5.74) is 1.25. The summed E-state index contributed by atoms with van der Waals surface area (Å²) in [5.74, 6) is 0.746. The molecule has 0 radical (unpaired) electrons. The minimum atomic E-state index is -0.219. The molecule has 1 fully saturated rings. The summed E-state index contributed by atoms with van der Waals surface area (Å²) in [6, 6.07) is 2.03. The average molecular weight is 321 g/mol. The minimum Gasteiger partial charge on any atom is -0.366 e. The Morgan fingerprint density at radius 1 is 1.59 bits per heavy atom. The van der Waals surface area contributed by atoms with Crippen LogP contribution in [0.5, 0.6) is 0 Å². The fourth-order valence-corrected chi connectivity index (χ4v) is 3.14. The maximum absolute atomic E-state index is 12.2. The van der Waals surface area contributed by atoms with Crippen LogP contribution in [-0.4, -0.2) is 51.9 Å². The Morgan fingerprint density at radius 3 is 3.23 bits per heavy atom. The molecule has 0 bridgehead atoms. The lowest BCUT2D eigenvalue weighted by Crippen LogP contribution is -2.47. The molecule has 0 aromatic carbocycles. The molecule has 8 heteroatoms. The standard InChI is InChI=1S/C14H19N5O2S/c1-18-10-16-17-13(18)12-8-19(5-6-21-12)14(20)15-4-2-11-3-7-22-9-11/h3,7,9-10,12H,2,4-6,8H2,1H3,(H,15,20). The molecular weight excluding hydrogens is 302 g/mol. The van der Waals surface area contributed by atoms with Crippen LogP contribution in [0.25, 0.3) is 0 Å². The van der Waals surface area contributed by atoms with Gasteiger partial charge in [0.25, 0.3) is 0 Å². The first kappa shape index (κ1) is 15.0. The number of urea groups is 1. The highest BCUT2D eigenvalue weighted by molar-refractivity contribution is 7.07. The third kappa shape index (κ3) is 3.45. The van der Waals surface area contributed by atoms with Crippen LogP contribution in [0.4, 0.5) is 4.79 Å². The van der Waals surface area contributed by atoms with Gasteiger partial charge in [0.15, 0.2) is 5.82 Å². The highest BCUT2D eigenvalue weighted by Gasteiger charge is 2.28. The van der Waals surface area contributed by atoms with Gasteiger partial charge in [-0.15, -0.1) is 10.2 Å². The van der Waals surface area contributed by atoms with E-state index in [1.165, 1.54) is 5.56 Å². The van der Waals surface area contributed by atoms with Crippen molar-refractivity contribution in [3.63, 3.8) is 0 Å². The predicted octanol–water partition coefficient (Wildman–Crippen LogP) is 1.20. The van der Waals surface area contributed by atoms with Gasteiger partial charge in [0.1, 0.15) is 12.4 Å². The Balaban J connectivity index is 1.51. The summed E-state index contributed by atoms with van der Waals surface area (Å²) in [4.78, 5) is 14.0. The lowest BCUT2D eigenvalue weighted by Gasteiger charge is -2.32. The van der Waals surface area contributed by atoms with Crippen LogP contribution in [0.2, 0.25) is 0 Å². The van der Waals surface area contributed by atoms with Gasteiger partial charge in [-0.3, -0.25) is 0 Å². The van der Waals surface area contributed by atoms with Gasteiger partial charge >= 0.3 is 6.03 Å². The van der Waals surface area contributed by atoms with E-state index in [4.69, 9.17) is 4.74 Å².